The van der Waals surface area contributed by atoms with Gasteiger partial charge in [0, 0.05) is 18.9 Å². The molecule has 0 heterocycles. The summed E-state index contributed by atoms with van der Waals surface area (Å²) in [5.41, 5.74) is -2.13. The van der Waals surface area contributed by atoms with Gasteiger partial charge in [-0.1, -0.05) is 81.4 Å². The van der Waals surface area contributed by atoms with E-state index in [1.165, 1.54) is 0 Å². The van der Waals surface area contributed by atoms with Crippen LogP contribution >= 0.6 is 0 Å². The molecule has 2 aromatic rings. The molecule has 0 bridgehead atoms. The molecule has 0 spiro atoms. The molecule has 1 fully saturated rings. The first kappa shape index (κ1) is 18.8. The van der Waals surface area contributed by atoms with Gasteiger partial charge >= 0.3 is 5.97 Å². The van der Waals surface area contributed by atoms with Gasteiger partial charge in [0.1, 0.15) is 0 Å². The third-order valence-corrected chi connectivity index (χ3v) is 10.3. The van der Waals surface area contributed by atoms with Gasteiger partial charge in [-0.2, -0.15) is 0 Å². The lowest BCUT2D eigenvalue weighted by Gasteiger charge is -2.43. The summed E-state index contributed by atoms with van der Waals surface area (Å²) in [5.74, 6) is -1.96. The fourth-order valence-corrected chi connectivity index (χ4v) is 8.35. The van der Waals surface area contributed by atoms with Crippen molar-refractivity contribution in [1.29, 1.82) is 0 Å². The highest BCUT2D eigenvalue weighted by molar-refractivity contribution is 6.99. The molecule has 1 N–H and O–H groups in total. The Morgan fingerprint density at radius 2 is 1.58 bits per heavy atom. The molecular weight excluding hydrogens is 347 g/mol. The predicted molar refractivity (Wildman–Crippen MR) is 103 cm³/mol. The van der Waals surface area contributed by atoms with Gasteiger partial charge in [0.05, 0.1) is 0 Å². The molecule has 0 aromatic heterocycles. The zero-order valence-corrected chi connectivity index (χ0v) is 16.4. The van der Waals surface area contributed by atoms with Gasteiger partial charge < -0.3 is 9.53 Å². The van der Waals surface area contributed by atoms with Crippen molar-refractivity contribution in [2.45, 2.75) is 37.9 Å². The number of rotatable bonds is 6. The van der Waals surface area contributed by atoms with E-state index in [4.69, 9.17) is 9.53 Å². The largest absolute Gasteiger partial charge is 0.479 e. The maximum atomic E-state index is 14.3. The van der Waals surface area contributed by atoms with Crippen LogP contribution in [-0.2, 0) is 9.22 Å². The Kier molecular flexibility index (Phi) is 4.79. The van der Waals surface area contributed by atoms with Gasteiger partial charge in [-0.05, 0) is 15.4 Å². The molecule has 0 aliphatic heterocycles. The Hall–Kier alpha value is -1.98. The molecule has 3 nitrogen and oxygen atoms in total. The topological polar surface area (TPSA) is 46.5 Å². The summed E-state index contributed by atoms with van der Waals surface area (Å²) in [6.07, 6.45) is 0.0283. The van der Waals surface area contributed by atoms with Gasteiger partial charge in [-0.15, -0.1) is 0 Å². The second-order valence-corrected chi connectivity index (χ2v) is 12.3. The van der Waals surface area contributed by atoms with E-state index in [1.807, 2.05) is 36.4 Å². The third kappa shape index (κ3) is 3.10. The van der Waals surface area contributed by atoms with E-state index in [0.717, 1.165) is 10.4 Å². The van der Waals surface area contributed by atoms with Crippen molar-refractivity contribution in [1.82, 2.24) is 0 Å². The molecule has 5 heteroatoms. The molecule has 0 unspecified atom stereocenters. The van der Waals surface area contributed by atoms with Crippen molar-refractivity contribution in [3.63, 3.8) is 0 Å². The third-order valence-electron chi connectivity index (χ3n) is 5.30. The normalized spacial score (nSPS) is 22.8. The summed E-state index contributed by atoms with van der Waals surface area (Å²) in [6, 6.07) is 20.2. The Bertz CT molecular complexity index is 733. The second-order valence-electron chi connectivity index (χ2n) is 8.04. The van der Waals surface area contributed by atoms with E-state index < -0.39 is 25.9 Å². The fraction of sp³-hybridized carbons (Fsp3) is 0.381. The minimum absolute atomic E-state index is 0.0283. The van der Waals surface area contributed by atoms with Crippen LogP contribution in [0.5, 0.6) is 0 Å². The number of carboxylic acids is 1. The van der Waals surface area contributed by atoms with E-state index in [2.05, 4.69) is 45.0 Å². The fourth-order valence-electron chi connectivity index (χ4n) is 3.74. The highest BCUT2D eigenvalue weighted by atomic mass is 28.4. The molecule has 3 rings (SSSR count). The summed E-state index contributed by atoms with van der Waals surface area (Å²) >= 11 is 0. The maximum Gasteiger partial charge on any atom is 0.341 e. The van der Waals surface area contributed by atoms with Crippen molar-refractivity contribution in [3.8, 4) is 0 Å². The van der Waals surface area contributed by atoms with Crippen molar-refractivity contribution < 1.29 is 18.7 Å². The molecule has 1 aliphatic rings. The first-order chi connectivity index (χ1) is 12.2. The summed E-state index contributed by atoms with van der Waals surface area (Å²) in [5, 5.41) is 11.1. The lowest BCUT2D eigenvalue weighted by atomic mass is 10.2. The summed E-state index contributed by atoms with van der Waals surface area (Å²) in [6.45, 7) is 6.56. The van der Waals surface area contributed by atoms with Gasteiger partial charge in [0.15, 0.2) is 0 Å². The average molecular weight is 373 g/mol. The number of aliphatic carboxylic acids is 1. The molecule has 138 valence electrons. The molecule has 0 saturated heterocycles. The van der Waals surface area contributed by atoms with Gasteiger partial charge in [0.2, 0.25) is 5.67 Å². The van der Waals surface area contributed by atoms with Crippen LogP contribution in [0.4, 0.5) is 4.39 Å². The van der Waals surface area contributed by atoms with Gasteiger partial charge in [-0.25, -0.2) is 9.18 Å². The molecule has 1 aliphatic carbocycles. The van der Waals surface area contributed by atoms with E-state index in [0.29, 0.717) is 0 Å². The standard InChI is InChI=1S/C21H25FO3Si/c1-20(2,3)26(17-10-6-4-7-11-17,18-12-8-5-9-13-18)25-15-16-14-21(16,22)19(23)24/h4-13,16H,14-15H2,1-3H3,(H,23,24)/t16-,21-/m1/s1. The lowest BCUT2D eigenvalue weighted by Crippen LogP contribution is -2.66. The molecule has 2 atom stereocenters. The maximum absolute atomic E-state index is 14.3. The zero-order chi connectivity index (χ0) is 19.0. The Balaban J connectivity index is 2.03. The van der Waals surface area contributed by atoms with Crippen molar-refractivity contribution in [3.05, 3.63) is 60.7 Å². The van der Waals surface area contributed by atoms with Gasteiger partial charge in [-0.3, -0.25) is 0 Å². The number of hydrogen-bond acceptors (Lipinski definition) is 2. The molecule has 0 radical (unpaired) electrons. The number of carboxylic acid groups (broad SMARTS) is 1. The Morgan fingerprint density at radius 3 is 1.92 bits per heavy atom. The molecule has 26 heavy (non-hydrogen) atoms. The summed E-state index contributed by atoms with van der Waals surface area (Å²) in [4.78, 5) is 11.1. The second kappa shape index (κ2) is 6.63. The molecule has 2 aromatic carbocycles. The van der Waals surface area contributed by atoms with Crippen LogP contribution in [0.3, 0.4) is 0 Å². The van der Waals surface area contributed by atoms with Crippen LogP contribution < -0.4 is 10.4 Å². The highest BCUT2D eigenvalue weighted by Gasteiger charge is 2.63. The number of alkyl halides is 1. The number of carbonyl (C=O) groups is 1. The number of hydrogen-bond donors (Lipinski definition) is 1. The average Bonchev–Trinajstić information content (AvgIpc) is 3.28. The minimum Gasteiger partial charge on any atom is -0.479 e. The zero-order valence-electron chi connectivity index (χ0n) is 15.4. The SMILES string of the molecule is CC(C)(C)[Si](OC[C@H]1C[C@]1(F)C(=O)O)(c1ccccc1)c1ccccc1. The van der Waals surface area contributed by atoms with Crippen LogP contribution in [0, 0.1) is 5.92 Å². The number of halogens is 1. The molecular formula is C21H25FO3Si. The lowest BCUT2D eigenvalue weighted by molar-refractivity contribution is -0.145. The number of benzene rings is 2. The summed E-state index contributed by atoms with van der Waals surface area (Å²) in [7, 11) is -2.73. The summed E-state index contributed by atoms with van der Waals surface area (Å²) < 4.78 is 20.9. The van der Waals surface area contributed by atoms with Crippen LogP contribution in [0.25, 0.3) is 0 Å². The molecule has 0 amide bonds. The first-order valence-electron chi connectivity index (χ1n) is 8.89. The van der Waals surface area contributed by atoms with Crippen LogP contribution in [0.15, 0.2) is 60.7 Å². The molecule has 1 saturated carbocycles. The first-order valence-corrected chi connectivity index (χ1v) is 10.8. The van der Waals surface area contributed by atoms with E-state index in [1.54, 1.807) is 0 Å². The Labute approximate surface area is 155 Å². The van der Waals surface area contributed by atoms with Crippen molar-refractivity contribution >= 4 is 24.7 Å². The van der Waals surface area contributed by atoms with Crippen LogP contribution in [-0.4, -0.2) is 31.7 Å². The van der Waals surface area contributed by atoms with Crippen LogP contribution in [0.2, 0.25) is 5.04 Å². The van der Waals surface area contributed by atoms with E-state index in [-0.39, 0.29) is 18.1 Å². The van der Waals surface area contributed by atoms with Gasteiger partial charge in [0.25, 0.3) is 8.32 Å². The minimum atomic E-state index is -2.73. The Morgan fingerprint density at radius 1 is 1.12 bits per heavy atom. The highest BCUT2D eigenvalue weighted by Crippen LogP contribution is 2.49. The van der Waals surface area contributed by atoms with Crippen LogP contribution in [0.1, 0.15) is 27.2 Å². The predicted octanol–water partition coefficient (Wildman–Crippen LogP) is 3.38. The van der Waals surface area contributed by atoms with E-state index >= 15 is 0 Å². The van der Waals surface area contributed by atoms with Crippen molar-refractivity contribution in [2.24, 2.45) is 5.92 Å². The quantitative estimate of drug-likeness (QED) is 0.791. The van der Waals surface area contributed by atoms with Crippen molar-refractivity contribution in [2.75, 3.05) is 6.61 Å². The van der Waals surface area contributed by atoms with E-state index in [9.17, 15) is 9.18 Å². The monoisotopic (exact) mass is 372 g/mol. The smallest absolute Gasteiger partial charge is 0.341 e.